The van der Waals surface area contributed by atoms with Crippen LogP contribution >= 0.6 is 23.2 Å². The van der Waals surface area contributed by atoms with E-state index >= 15 is 0 Å². The standard InChI is InChI=1S/C22H16Cl2FN3O/c23-17-10-5-14(11-18(17)24)13-28-20-4-2-1-3-19(20)27-21(28)12-26-22(29)15-6-8-16(25)9-7-15/h1-11H,12-13H2,(H,26,29). The molecule has 0 aliphatic carbocycles. The second-order valence-electron chi connectivity index (χ2n) is 6.54. The molecule has 0 saturated heterocycles. The molecule has 1 aromatic heterocycles. The smallest absolute Gasteiger partial charge is 0.251 e. The van der Waals surface area contributed by atoms with Gasteiger partial charge >= 0.3 is 0 Å². The first kappa shape index (κ1) is 19.4. The Morgan fingerprint density at radius 3 is 2.52 bits per heavy atom. The number of carbonyl (C=O) groups excluding carboxylic acids is 1. The number of halogens is 3. The number of nitrogens with zero attached hydrogens (tertiary/aromatic N) is 2. The van der Waals surface area contributed by atoms with Gasteiger partial charge in [0.1, 0.15) is 11.6 Å². The summed E-state index contributed by atoms with van der Waals surface area (Å²) < 4.78 is 15.1. The van der Waals surface area contributed by atoms with E-state index in [4.69, 9.17) is 23.2 Å². The van der Waals surface area contributed by atoms with Crippen molar-refractivity contribution in [2.75, 3.05) is 0 Å². The molecule has 0 spiro atoms. The van der Waals surface area contributed by atoms with Crippen molar-refractivity contribution < 1.29 is 9.18 Å². The molecule has 7 heteroatoms. The van der Waals surface area contributed by atoms with Gasteiger partial charge in [0.25, 0.3) is 5.91 Å². The van der Waals surface area contributed by atoms with Crippen LogP contribution in [0.2, 0.25) is 10.0 Å². The van der Waals surface area contributed by atoms with Gasteiger partial charge in [0.2, 0.25) is 0 Å². The minimum Gasteiger partial charge on any atom is -0.345 e. The number of aromatic nitrogens is 2. The summed E-state index contributed by atoms with van der Waals surface area (Å²) >= 11 is 12.2. The van der Waals surface area contributed by atoms with Gasteiger partial charge in [-0.1, -0.05) is 41.4 Å². The van der Waals surface area contributed by atoms with Crippen LogP contribution in [0.4, 0.5) is 4.39 Å². The van der Waals surface area contributed by atoms with Crippen molar-refractivity contribution in [2.24, 2.45) is 0 Å². The molecule has 4 nitrogen and oxygen atoms in total. The van der Waals surface area contributed by atoms with Gasteiger partial charge in [-0.25, -0.2) is 9.37 Å². The Morgan fingerprint density at radius 1 is 1.00 bits per heavy atom. The van der Waals surface area contributed by atoms with Gasteiger partial charge in [0.15, 0.2) is 0 Å². The number of hydrogen-bond acceptors (Lipinski definition) is 2. The van der Waals surface area contributed by atoms with Crippen LogP contribution in [0, 0.1) is 5.82 Å². The molecular weight excluding hydrogens is 412 g/mol. The molecule has 1 amide bonds. The van der Waals surface area contributed by atoms with Crippen LogP contribution in [0.15, 0.2) is 66.7 Å². The Balaban J connectivity index is 1.61. The second kappa shape index (κ2) is 8.23. The fraction of sp³-hybridized carbons (Fsp3) is 0.0909. The molecule has 0 saturated carbocycles. The number of carbonyl (C=O) groups is 1. The average molecular weight is 428 g/mol. The molecule has 0 bridgehead atoms. The third kappa shape index (κ3) is 4.26. The average Bonchev–Trinajstić information content (AvgIpc) is 3.07. The Morgan fingerprint density at radius 2 is 1.76 bits per heavy atom. The molecule has 4 aromatic rings. The van der Waals surface area contributed by atoms with E-state index in [9.17, 15) is 9.18 Å². The second-order valence-corrected chi connectivity index (χ2v) is 7.36. The molecule has 1 N–H and O–H groups in total. The number of para-hydroxylation sites is 2. The van der Waals surface area contributed by atoms with Crippen LogP contribution in [-0.4, -0.2) is 15.5 Å². The summed E-state index contributed by atoms with van der Waals surface area (Å²) in [6, 6.07) is 18.7. The largest absolute Gasteiger partial charge is 0.345 e. The highest BCUT2D eigenvalue weighted by atomic mass is 35.5. The van der Waals surface area contributed by atoms with Gasteiger partial charge in [-0.15, -0.1) is 0 Å². The van der Waals surface area contributed by atoms with E-state index in [0.717, 1.165) is 16.6 Å². The fourth-order valence-electron chi connectivity index (χ4n) is 3.12. The van der Waals surface area contributed by atoms with E-state index in [2.05, 4.69) is 10.3 Å². The van der Waals surface area contributed by atoms with Gasteiger partial charge in [-0.3, -0.25) is 4.79 Å². The molecule has 0 unspecified atom stereocenters. The lowest BCUT2D eigenvalue weighted by Gasteiger charge is -2.11. The van der Waals surface area contributed by atoms with Gasteiger partial charge in [-0.05, 0) is 54.1 Å². The molecule has 1 heterocycles. The SMILES string of the molecule is O=C(NCc1nc2ccccc2n1Cc1ccc(Cl)c(Cl)c1)c1ccc(F)cc1. The zero-order chi connectivity index (χ0) is 20.4. The first-order chi connectivity index (χ1) is 14.0. The number of rotatable bonds is 5. The molecule has 0 aliphatic heterocycles. The molecule has 0 radical (unpaired) electrons. The van der Waals surface area contributed by atoms with Crippen molar-refractivity contribution in [3.63, 3.8) is 0 Å². The van der Waals surface area contributed by atoms with Crippen molar-refractivity contribution in [3.8, 4) is 0 Å². The van der Waals surface area contributed by atoms with Gasteiger partial charge in [0, 0.05) is 12.1 Å². The van der Waals surface area contributed by atoms with Crippen LogP contribution in [0.5, 0.6) is 0 Å². The van der Waals surface area contributed by atoms with Gasteiger partial charge < -0.3 is 9.88 Å². The highest BCUT2D eigenvalue weighted by molar-refractivity contribution is 6.42. The summed E-state index contributed by atoms with van der Waals surface area (Å²) in [6.45, 7) is 0.755. The maximum Gasteiger partial charge on any atom is 0.251 e. The predicted molar refractivity (Wildman–Crippen MR) is 113 cm³/mol. The number of benzene rings is 3. The summed E-state index contributed by atoms with van der Waals surface area (Å²) in [5, 5.41) is 3.83. The molecule has 3 aromatic carbocycles. The van der Waals surface area contributed by atoms with E-state index < -0.39 is 0 Å². The molecule has 29 heavy (non-hydrogen) atoms. The summed E-state index contributed by atoms with van der Waals surface area (Å²) in [5.41, 5.74) is 3.13. The topological polar surface area (TPSA) is 46.9 Å². The highest BCUT2D eigenvalue weighted by Gasteiger charge is 2.13. The maximum atomic E-state index is 13.1. The molecule has 0 aliphatic rings. The van der Waals surface area contributed by atoms with Crippen LogP contribution < -0.4 is 5.32 Å². The number of fused-ring (bicyclic) bond motifs is 1. The Labute approximate surface area is 176 Å². The van der Waals surface area contributed by atoms with Crippen molar-refractivity contribution >= 4 is 40.1 Å². The van der Waals surface area contributed by atoms with E-state index in [1.165, 1.54) is 24.3 Å². The van der Waals surface area contributed by atoms with Gasteiger partial charge in [0.05, 0.1) is 27.6 Å². The summed E-state index contributed by atoms with van der Waals surface area (Å²) in [4.78, 5) is 17.1. The zero-order valence-electron chi connectivity index (χ0n) is 15.2. The molecule has 146 valence electrons. The lowest BCUT2D eigenvalue weighted by atomic mass is 10.2. The first-order valence-corrected chi connectivity index (χ1v) is 9.69. The van der Waals surface area contributed by atoms with E-state index in [1.54, 1.807) is 6.07 Å². The molecule has 4 rings (SSSR count). The van der Waals surface area contributed by atoms with Gasteiger partial charge in [-0.2, -0.15) is 0 Å². The van der Waals surface area contributed by atoms with Crippen molar-refractivity contribution in [1.82, 2.24) is 14.9 Å². The molecular formula is C22H16Cl2FN3O. The fourth-order valence-corrected chi connectivity index (χ4v) is 3.44. The quantitative estimate of drug-likeness (QED) is 0.459. The zero-order valence-corrected chi connectivity index (χ0v) is 16.7. The van der Waals surface area contributed by atoms with Crippen LogP contribution in [0.1, 0.15) is 21.7 Å². The number of amides is 1. The first-order valence-electron chi connectivity index (χ1n) is 8.93. The van der Waals surface area contributed by atoms with Crippen molar-refractivity contribution in [1.29, 1.82) is 0 Å². The summed E-state index contributed by atoms with van der Waals surface area (Å²) in [5.74, 6) is 0.0239. The number of hydrogen-bond donors (Lipinski definition) is 1. The van der Waals surface area contributed by atoms with E-state index in [-0.39, 0.29) is 18.3 Å². The molecule has 0 fully saturated rings. The highest BCUT2D eigenvalue weighted by Crippen LogP contribution is 2.24. The number of nitrogens with one attached hydrogen (secondary N) is 1. The Bertz CT molecular complexity index is 1190. The van der Waals surface area contributed by atoms with E-state index in [0.29, 0.717) is 28.0 Å². The maximum absolute atomic E-state index is 13.1. The summed E-state index contributed by atoms with van der Waals surface area (Å²) in [6.07, 6.45) is 0. The van der Waals surface area contributed by atoms with Crippen LogP contribution in [0.25, 0.3) is 11.0 Å². The number of imidazole rings is 1. The predicted octanol–water partition coefficient (Wildman–Crippen LogP) is 5.46. The third-order valence-corrected chi connectivity index (χ3v) is 5.31. The van der Waals surface area contributed by atoms with Crippen molar-refractivity contribution in [2.45, 2.75) is 13.1 Å². The third-order valence-electron chi connectivity index (χ3n) is 4.57. The van der Waals surface area contributed by atoms with Crippen LogP contribution in [0.3, 0.4) is 0 Å². The normalized spacial score (nSPS) is 11.0. The monoisotopic (exact) mass is 427 g/mol. The Kier molecular flexibility index (Phi) is 5.51. The van der Waals surface area contributed by atoms with Crippen molar-refractivity contribution in [3.05, 3.63) is 99.5 Å². The van der Waals surface area contributed by atoms with Crippen LogP contribution in [-0.2, 0) is 13.1 Å². The minimum atomic E-state index is -0.384. The lowest BCUT2D eigenvalue weighted by Crippen LogP contribution is -2.24. The lowest BCUT2D eigenvalue weighted by molar-refractivity contribution is 0.0949. The van der Waals surface area contributed by atoms with E-state index in [1.807, 2.05) is 41.0 Å². The minimum absolute atomic E-state index is 0.228. The molecule has 0 atom stereocenters. The summed E-state index contributed by atoms with van der Waals surface area (Å²) in [7, 11) is 0. The Hall–Kier alpha value is -2.89.